The number of rotatable bonds is 10. The smallest absolute Gasteiger partial charge is 0.306 e. The van der Waals surface area contributed by atoms with E-state index in [1.807, 2.05) is 13.8 Å². The van der Waals surface area contributed by atoms with Crippen molar-refractivity contribution in [3.05, 3.63) is 29.1 Å². The van der Waals surface area contributed by atoms with Crippen LogP contribution in [0.4, 0.5) is 4.39 Å². The van der Waals surface area contributed by atoms with Crippen molar-refractivity contribution in [1.82, 2.24) is 0 Å². The van der Waals surface area contributed by atoms with Gasteiger partial charge >= 0.3 is 5.97 Å². The summed E-state index contributed by atoms with van der Waals surface area (Å²) < 4.78 is 21.5. The van der Waals surface area contributed by atoms with E-state index in [1.165, 1.54) is 44.6 Å². The Bertz CT molecular complexity index is 897. The van der Waals surface area contributed by atoms with Gasteiger partial charge < -0.3 is 9.84 Å². The molecule has 0 aliphatic heterocycles. The van der Waals surface area contributed by atoms with Crippen LogP contribution in [0, 0.1) is 40.8 Å². The topological polar surface area (TPSA) is 63.6 Å². The molecular formula is C28H37FO4. The third-order valence-corrected chi connectivity index (χ3v) is 8.65. The van der Waals surface area contributed by atoms with Gasteiger partial charge in [-0.2, -0.15) is 0 Å². The Morgan fingerprint density at radius 2 is 1.70 bits per heavy atom. The molecule has 5 aliphatic carbocycles. The summed E-state index contributed by atoms with van der Waals surface area (Å²) in [4.78, 5) is 24.5. The lowest BCUT2D eigenvalue weighted by atomic mass is 9.50. The number of Topliss-reactive ketones (excluding diaryl/α,β-unsaturated/α-hetero) is 1. The van der Waals surface area contributed by atoms with Crippen LogP contribution in [0.15, 0.2) is 12.1 Å². The van der Waals surface area contributed by atoms with Crippen LogP contribution in [0.2, 0.25) is 0 Å². The molecule has 5 heteroatoms. The van der Waals surface area contributed by atoms with Gasteiger partial charge in [-0.05, 0) is 99.0 Å². The van der Waals surface area contributed by atoms with Crippen molar-refractivity contribution in [2.24, 2.45) is 35.0 Å². The van der Waals surface area contributed by atoms with Gasteiger partial charge in [0.15, 0.2) is 5.78 Å². The summed E-state index contributed by atoms with van der Waals surface area (Å²) in [6.07, 6.45) is 10.2. The number of ketones is 1. The number of aliphatic carboxylic acids is 1. The third kappa shape index (κ3) is 4.83. The van der Waals surface area contributed by atoms with Gasteiger partial charge in [-0.15, -0.1) is 0 Å². The second kappa shape index (κ2) is 8.70. The van der Waals surface area contributed by atoms with E-state index >= 15 is 4.39 Å². The zero-order chi connectivity index (χ0) is 23.3. The highest BCUT2D eigenvalue weighted by atomic mass is 19.1. The molecule has 4 nitrogen and oxygen atoms in total. The first-order chi connectivity index (χ1) is 15.7. The van der Waals surface area contributed by atoms with Gasteiger partial charge in [-0.1, -0.05) is 13.8 Å². The van der Waals surface area contributed by atoms with E-state index in [9.17, 15) is 14.7 Å². The highest BCUT2D eigenvalue weighted by Gasteiger charge is 2.51. The number of carbonyl (C=O) groups is 2. The summed E-state index contributed by atoms with van der Waals surface area (Å²) >= 11 is 0. The molecule has 180 valence electrons. The minimum absolute atomic E-state index is 0.0223. The Morgan fingerprint density at radius 3 is 2.21 bits per heavy atom. The fraction of sp³-hybridized carbons (Fsp3) is 0.714. The first-order valence-electron chi connectivity index (χ1n) is 12.9. The number of hydrogen-bond acceptors (Lipinski definition) is 3. The molecule has 5 saturated carbocycles. The lowest BCUT2D eigenvalue weighted by Gasteiger charge is -2.56. The first kappa shape index (κ1) is 22.9. The number of halogens is 1. The lowest BCUT2D eigenvalue weighted by Crippen LogP contribution is -2.48. The zero-order valence-corrected chi connectivity index (χ0v) is 19.9. The molecule has 1 N–H and O–H groups in total. The number of benzene rings is 1. The van der Waals surface area contributed by atoms with E-state index in [2.05, 4.69) is 0 Å². The summed E-state index contributed by atoms with van der Waals surface area (Å²) in [5.74, 6) is 0.810. The fourth-order valence-corrected chi connectivity index (χ4v) is 7.50. The molecule has 0 radical (unpaired) electrons. The Hall–Kier alpha value is -1.91. The van der Waals surface area contributed by atoms with E-state index in [-0.39, 0.29) is 23.3 Å². The molecular weight excluding hydrogens is 419 g/mol. The molecule has 4 bridgehead atoms. The van der Waals surface area contributed by atoms with Crippen LogP contribution in [0.5, 0.6) is 5.75 Å². The Morgan fingerprint density at radius 1 is 1.09 bits per heavy atom. The van der Waals surface area contributed by atoms with Crippen LogP contribution < -0.4 is 4.74 Å². The van der Waals surface area contributed by atoms with Crippen molar-refractivity contribution >= 4 is 11.8 Å². The molecule has 6 rings (SSSR count). The average Bonchev–Trinajstić information content (AvgIpc) is 3.55. The van der Waals surface area contributed by atoms with E-state index in [0.717, 1.165) is 36.2 Å². The molecule has 5 aliphatic rings. The van der Waals surface area contributed by atoms with Crippen molar-refractivity contribution in [2.75, 3.05) is 6.61 Å². The number of carbonyl (C=O) groups excluding carboxylic acids is 1. The summed E-state index contributed by atoms with van der Waals surface area (Å²) in [6.45, 7) is 4.52. The SMILES string of the molecule is CC(C)C[C@H](CC(=O)c1cc(C2CC2)c(OCC23CC4CC(CC(C4)C2)C3)cc1F)C(=O)O. The largest absolute Gasteiger partial charge is 0.493 e. The molecule has 1 aromatic carbocycles. The monoisotopic (exact) mass is 456 g/mol. The summed E-state index contributed by atoms with van der Waals surface area (Å²) in [6, 6.07) is 3.07. The van der Waals surface area contributed by atoms with Gasteiger partial charge in [-0.3, -0.25) is 9.59 Å². The standard InChI is InChI=1S/C28H37FO4/c1-16(2)5-21(27(31)32)9-25(30)23-10-22(20-3-4-20)26(11-24(23)29)33-15-28-12-17-6-18(13-28)8-19(7-17)14-28/h10-11,16-21H,3-9,12-15H2,1-2H3,(H,31,32)/t17?,18?,19?,21-,28?/m1/s1. The maximum absolute atomic E-state index is 15.1. The second-order valence-electron chi connectivity index (χ2n) is 12.1. The molecule has 0 aromatic heterocycles. The quantitative estimate of drug-likeness (QED) is 0.402. The molecule has 0 saturated heterocycles. The molecule has 0 amide bonds. The lowest BCUT2D eigenvalue weighted by molar-refractivity contribution is -0.142. The molecule has 1 atom stereocenters. The van der Waals surface area contributed by atoms with Crippen LogP contribution in [-0.4, -0.2) is 23.5 Å². The predicted molar refractivity (Wildman–Crippen MR) is 124 cm³/mol. The van der Waals surface area contributed by atoms with Gasteiger partial charge in [0, 0.05) is 17.9 Å². The number of hydrogen-bond donors (Lipinski definition) is 1. The van der Waals surface area contributed by atoms with E-state index in [4.69, 9.17) is 4.74 Å². The van der Waals surface area contributed by atoms with Gasteiger partial charge in [0.2, 0.25) is 0 Å². The molecule has 0 unspecified atom stereocenters. The van der Waals surface area contributed by atoms with Crippen molar-refractivity contribution in [3.8, 4) is 5.75 Å². The van der Waals surface area contributed by atoms with Crippen LogP contribution in [0.25, 0.3) is 0 Å². The van der Waals surface area contributed by atoms with E-state index in [0.29, 0.717) is 24.7 Å². The van der Waals surface area contributed by atoms with Crippen LogP contribution in [0.3, 0.4) is 0 Å². The first-order valence-corrected chi connectivity index (χ1v) is 12.9. The summed E-state index contributed by atoms with van der Waals surface area (Å²) in [5, 5.41) is 9.50. The predicted octanol–water partition coefficient (Wildman–Crippen LogP) is 6.62. The van der Waals surface area contributed by atoms with Gasteiger partial charge in [0.05, 0.1) is 18.1 Å². The van der Waals surface area contributed by atoms with E-state index in [1.54, 1.807) is 6.07 Å². The normalized spacial score (nSPS) is 31.1. The Kier molecular flexibility index (Phi) is 6.03. The van der Waals surface area contributed by atoms with Crippen molar-refractivity contribution < 1.29 is 23.8 Å². The second-order valence-corrected chi connectivity index (χ2v) is 12.1. The summed E-state index contributed by atoms with van der Waals surface area (Å²) in [7, 11) is 0. The third-order valence-electron chi connectivity index (χ3n) is 8.65. The fourth-order valence-electron chi connectivity index (χ4n) is 7.50. The maximum atomic E-state index is 15.1. The highest BCUT2D eigenvalue weighted by Crippen LogP contribution is 2.60. The van der Waals surface area contributed by atoms with Gasteiger partial charge in [0.1, 0.15) is 11.6 Å². The summed E-state index contributed by atoms with van der Waals surface area (Å²) in [5.41, 5.74) is 1.20. The van der Waals surface area contributed by atoms with Crippen LogP contribution in [0.1, 0.15) is 99.9 Å². The van der Waals surface area contributed by atoms with E-state index < -0.39 is 23.5 Å². The van der Waals surface area contributed by atoms with Crippen LogP contribution >= 0.6 is 0 Å². The van der Waals surface area contributed by atoms with Crippen molar-refractivity contribution in [2.45, 2.75) is 84.0 Å². The van der Waals surface area contributed by atoms with Crippen LogP contribution in [-0.2, 0) is 4.79 Å². The molecule has 33 heavy (non-hydrogen) atoms. The molecule has 0 heterocycles. The Labute approximate surface area is 196 Å². The highest BCUT2D eigenvalue weighted by molar-refractivity contribution is 5.98. The van der Waals surface area contributed by atoms with Gasteiger partial charge in [0.25, 0.3) is 0 Å². The maximum Gasteiger partial charge on any atom is 0.306 e. The molecule has 1 aromatic rings. The number of ether oxygens (including phenoxy) is 1. The molecule has 5 fully saturated rings. The van der Waals surface area contributed by atoms with Crippen molar-refractivity contribution in [3.63, 3.8) is 0 Å². The number of carboxylic acid groups (broad SMARTS) is 1. The molecule has 0 spiro atoms. The minimum atomic E-state index is -0.990. The van der Waals surface area contributed by atoms with Crippen molar-refractivity contribution in [1.29, 1.82) is 0 Å². The zero-order valence-electron chi connectivity index (χ0n) is 19.9. The minimum Gasteiger partial charge on any atom is -0.493 e. The average molecular weight is 457 g/mol. The van der Waals surface area contributed by atoms with Gasteiger partial charge in [-0.25, -0.2) is 4.39 Å². The number of carboxylic acids is 1. The Balaban J connectivity index is 1.33.